The van der Waals surface area contributed by atoms with Gasteiger partial charge in [-0.15, -0.1) is 0 Å². The van der Waals surface area contributed by atoms with Crippen LogP contribution in [0, 0.1) is 0 Å². The number of hydrogen-bond acceptors (Lipinski definition) is 3. The minimum absolute atomic E-state index is 0.0198. The average Bonchev–Trinajstić information content (AvgIpc) is 2.53. The Kier molecular flexibility index (Phi) is 1.66. The molecule has 0 spiro atoms. The Morgan fingerprint density at radius 1 is 1.08 bits per heavy atom. The molecule has 3 N–H and O–H groups in total. The predicted octanol–water partition coefficient (Wildman–Crippen LogP) is 1.49. The molecular formula is C9H8N2O2. The maximum atomic E-state index is 9.19. The summed E-state index contributed by atoms with van der Waals surface area (Å²) in [4.78, 5) is 6.87. The summed E-state index contributed by atoms with van der Waals surface area (Å²) in [5.74, 6) is 0.656. The van der Waals surface area contributed by atoms with Crippen LogP contribution in [0.2, 0.25) is 0 Å². The maximum absolute atomic E-state index is 9.19. The van der Waals surface area contributed by atoms with Crippen LogP contribution in [0.3, 0.4) is 0 Å². The molecule has 2 aromatic rings. The molecule has 0 bridgehead atoms. The van der Waals surface area contributed by atoms with E-state index in [4.69, 9.17) is 0 Å². The third kappa shape index (κ3) is 1.46. The van der Waals surface area contributed by atoms with E-state index in [0.29, 0.717) is 11.4 Å². The summed E-state index contributed by atoms with van der Waals surface area (Å²) < 4.78 is 0. The van der Waals surface area contributed by atoms with Crippen LogP contribution in [-0.4, -0.2) is 20.2 Å². The first-order valence-corrected chi connectivity index (χ1v) is 3.78. The number of phenolic OH excluding ortho intramolecular Hbond substituents is 2. The zero-order valence-electron chi connectivity index (χ0n) is 6.73. The van der Waals surface area contributed by atoms with Gasteiger partial charge >= 0.3 is 0 Å². The van der Waals surface area contributed by atoms with Gasteiger partial charge in [0, 0.05) is 24.0 Å². The quantitative estimate of drug-likeness (QED) is 0.616. The second kappa shape index (κ2) is 2.82. The second-order valence-corrected chi connectivity index (χ2v) is 2.68. The molecule has 4 nitrogen and oxygen atoms in total. The van der Waals surface area contributed by atoms with E-state index in [2.05, 4.69) is 9.97 Å². The van der Waals surface area contributed by atoms with Crippen LogP contribution in [0.15, 0.2) is 30.6 Å². The number of rotatable bonds is 1. The number of aromatic amines is 1. The number of imidazole rings is 1. The highest BCUT2D eigenvalue weighted by Gasteiger charge is 2.02. The van der Waals surface area contributed by atoms with E-state index in [1.165, 1.54) is 18.2 Å². The van der Waals surface area contributed by atoms with Gasteiger partial charge in [-0.3, -0.25) is 0 Å². The molecule has 0 saturated heterocycles. The standard InChI is InChI=1S/C9H8N2O2/c12-7-3-6(4-8(13)5-7)9-10-1-2-11-9/h1-5,12-13H,(H,10,11). The highest BCUT2D eigenvalue weighted by Crippen LogP contribution is 2.25. The molecule has 4 heteroatoms. The van der Waals surface area contributed by atoms with Gasteiger partial charge in [0.2, 0.25) is 0 Å². The minimum atomic E-state index is 0.0198. The van der Waals surface area contributed by atoms with E-state index in [0.717, 1.165) is 0 Å². The molecule has 1 heterocycles. The number of benzene rings is 1. The summed E-state index contributed by atoms with van der Waals surface area (Å²) in [6.07, 6.45) is 3.28. The van der Waals surface area contributed by atoms with Gasteiger partial charge in [-0.1, -0.05) is 0 Å². The number of hydrogen-bond donors (Lipinski definition) is 3. The minimum Gasteiger partial charge on any atom is -0.508 e. The van der Waals surface area contributed by atoms with Crippen LogP contribution in [0.1, 0.15) is 0 Å². The predicted molar refractivity (Wildman–Crippen MR) is 47.4 cm³/mol. The Hall–Kier alpha value is -1.97. The summed E-state index contributed by atoms with van der Waals surface area (Å²) in [6.45, 7) is 0. The summed E-state index contributed by atoms with van der Waals surface area (Å²) >= 11 is 0. The molecule has 1 aromatic heterocycles. The van der Waals surface area contributed by atoms with Crippen molar-refractivity contribution >= 4 is 0 Å². The van der Waals surface area contributed by atoms with E-state index in [-0.39, 0.29) is 11.5 Å². The number of aromatic nitrogens is 2. The molecule has 0 aliphatic heterocycles. The van der Waals surface area contributed by atoms with Crippen molar-refractivity contribution in [2.24, 2.45) is 0 Å². The SMILES string of the molecule is Oc1cc(O)cc(-c2ncc[nH]2)c1. The van der Waals surface area contributed by atoms with Gasteiger partial charge in [0.05, 0.1) is 0 Å². The second-order valence-electron chi connectivity index (χ2n) is 2.68. The van der Waals surface area contributed by atoms with Gasteiger partial charge < -0.3 is 15.2 Å². The molecule has 0 unspecified atom stereocenters. The zero-order valence-corrected chi connectivity index (χ0v) is 6.73. The Labute approximate surface area is 74.5 Å². The monoisotopic (exact) mass is 176 g/mol. The van der Waals surface area contributed by atoms with Gasteiger partial charge in [-0.2, -0.15) is 0 Å². The topological polar surface area (TPSA) is 69.1 Å². The largest absolute Gasteiger partial charge is 0.508 e. The highest BCUT2D eigenvalue weighted by atomic mass is 16.3. The Bertz CT molecular complexity index is 389. The van der Waals surface area contributed by atoms with Crippen molar-refractivity contribution in [2.45, 2.75) is 0 Å². The number of aromatic hydroxyl groups is 2. The first kappa shape index (κ1) is 7.67. The molecule has 66 valence electrons. The first-order valence-electron chi connectivity index (χ1n) is 3.78. The molecule has 0 saturated carbocycles. The summed E-state index contributed by atoms with van der Waals surface area (Å²) in [5, 5.41) is 18.4. The first-order chi connectivity index (χ1) is 6.25. The molecule has 0 amide bonds. The Balaban J connectivity index is 2.53. The third-order valence-electron chi connectivity index (χ3n) is 1.67. The fourth-order valence-electron chi connectivity index (χ4n) is 1.16. The maximum Gasteiger partial charge on any atom is 0.137 e. The van der Waals surface area contributed by atoms with Crippen molar-refractivity contribution in [1.82, 2.24) is 9.97 Å². The van der Waals surface area contributed by atoms with Gasteiger partial charge in [0.15, 0.2) is 0 Å². The summed E-state index contributed by atoms with van der Waals surface area (Å²) in [5.41, 5.74) is 0.655. The van der Waals surface area contributed by atoms with Crippen LogP contribution >= 0.6 is 0 Å². The summed E-state index contributed by atoms with van der Waals surface area (Å²) in [7, 11) is 0. The van der Waals surface area contributed by atoms with Crippen molar-refractivity contribution in [3.05, 3.63) is 30.6 Å². The van der Waals surface area contributed by atoms with Gasteiger partial charge in [-0.25, -0.2) is 4.98 Å². The van der Waals surface area contributed by atoms with E-state index < -0.39 is 0 Å². The summed E-state index contributed by atoms with van der Waals surface area (Å²) in [6, 6.07) is 4.32. The van der Waals surface area contributed by atoms with Crippen molar-refractivity contribution in [2.75, 3.05) is 0 Å². The molecule has 1 aromatic carbocycles. The molecule has 2 rings (SSSR count). The number of nitrogens with zero attached hydrogens (tertiary/aromatic N) is 1. The zero-order chi connectivity index (χ0) is 9.26. The van der Waals surface area contributed by atoms with E-state index >= 15 is 0 Å². The van der Waals surface area contributed by atoms with Gasteiger partial charge in [0.1, 0.15) is 17.3 Å². The van der Waals surface area contributed by atoms with Gasteiger partial charge in [-0.05, 0) is 12.1 Å². The normalized spacial score (nSPS) is 10.2. The fraction of sp³-hybridized carbons (Fsp3) is 0. The number of H-pyrrole nitrogens is 1. The molecule has 0 aliphatic carbocycles. The molecule has 13 heavy (non-hydrogen) atoms. The molecule has 0 radical (unpaired) electrons. The van der Waals surface area contributed by atoms with Crippen molar-refractivity contribution in [3.63, 3.8) is 0 Å². The number of phenols is 2. The van der Waals surface area contributed by atoms with Crippen LogP contribution in [0.5, 0.6) is 11.5 Å². The lowest BCUT2D eigenvalue weighted by Gasteiger charge is -1.99. The van der Waals surface area contributed by atoms with Crippen LogP contribution in [0.25, 0.3) is 11.4 Å². The third-order valence-corrected chi connectivity index (χ3v) is 1.67. The van der Waals surface area contributed by atoms with E-state index in [1.54, 1.807) is 12.4 Å². The van der Waals surface area contributed by atoms with Crippen LogP contribution in [0.4, 0.5) is 0 Å². The van der Waals surface area contributed by atoms with Crippen molar-refractivity contribution in [1.29, 1.82) is 0 Å². The van der Waals surface area contributed by atoms with Crippen LogP contribution < -0.4 is 0 Å². The average molecular weight is 176 g/mol. The smallest absolute Gasteiger partial charge is 0.137 e. The Morgan fingerprint density at radius 3 is 2.31 bits per heavy atom. The van der Waals surface area contributed by atoms with E-state index in [9.17, 15) is 10.2 Å². The number of nitrogens with one attached hydrogen (secondary N) is 1. The lowest BCUT2D eigenvalue weighted by atomic mass is 10.2. The van der Waals surface area contributed by atoms with Gasteiger partial charge in [0.25, 0.3) is 0 Å². The van der Waals surface area contributed by atoms with Crippen molar-refractivity contribution in [3.8, 4) is 22.9 Å². The van der Waals surface area contributed by atoms with Crippen molar-refractivity contribution < 1.29 is 10.2 Å². The molecule has 0 atom stereocenters. The van der Waals surface area contributed by atoms with E-state index in [1.807, 2.05) is 0 Å². The fourth-order valence-corrected chi connectivity index (χ4v) is 1.16. The molecular weight excluding hydrogens is 168 g/mol. The molecule has 0 fully saturated rings. The van der Waals surface area contributed by atoms with Crippen LogP contribution in [-0.2, 0) is 0 Å². The Morgan fingerprint density at radius 2 is 1.77 bits per heavy atom. The molecule has 0 aliphatic rings. The lowest BCUT2D eigenvalue weighted by Crippen LogP contribution is -1.79. The highest BCUT2D eigenvalue weighted by molar-refractivity contribution is 5.60. The lowest BCUT2D eigenvalue weighted by molar-refractivity contribution is 0.451.